The summed E-state index contributed by atoms with van der Waals surface area (Å²) >= 11 is 3.36. The van der Waals surface area contributed by atoms with Crippen LogP contribution in [0.3, 0.4) is 0 Å². The molecule has 0 spiro atoms. The van der Waals surface area contributed by atoms with Crippen LogP contribution in [0.2, 0.25) is 0 Å². The summed E-state index contributed by atoms with van der Waals surface area (Å²) in [7, 11) is 1.75. The third-order valence-corrected chi connectivity index (χ3v) is 4.54. The molecule has 2 rings (SSSR count). The van der Waals surface area contributed by atoms with Gasteiger partial charge in [0.05, 0.1) is 12.1 Å². The summed E-state index contributed by atoms with van der Waals surface area (Å²) < 4.78 is 6.65. The molecule has 0 saturated heterocycles. The van der Waals surface area contributed by atoms with Crippen molar-refractivity contribution in [3.05, 3.63) is 28.7 Å². The maximum absolute atomic E-state index is 12.4. The number of carbonyl (C=O) groups excluding carboxylic acids is 1. The Hall–Kier alpha value is -1.07. The van der Waals surface area contributed by atoms with E-state index >= 15 is 0 Å². The lowest BCUT2D eigenvalue weighted by Gasteiger charge is -2.36. The molecule has 0 heterocycles. The minimum absolute atomic E-state index is 0.0936. The number of rotatable bonds is 4. The zero-order valence-corrected chi connectivity index (χ0v) is 14.0. The second-order valence-corrected chi connectivity index (χ2v) is 6.50. The summed E-state index contributed by atoms with van der Waals surface area (Å²) in [6, 6.07) is 7.30. The highest BCUT2D eigenvalue weighted by atomic mass is 79.9. The molecule has 1 fully saturated rings. The normalized spacial score (nSPS) is 23.4. The van der Waals surface area contributed by atoms with Crippen LogP contribution in [-0.2, 0) is 4.79 Å². The molecule has 1 aromatic carbocycles. The van der Waals surface area contributed by atoms with Crippen LogP contribution in [-0.4, -0.2) is 41.2 Å². The first kappa shape index (κ1) is 16.3. The van der Waals surface area contributed by atoms with E-state index in [1.54, 1.807) is 18.9 Å². The summed E-state index contributed by atoms with van der Waals surface area (Å²) in [5.41, 5.74) is 0. The second-order valence-electron chi connectivity index (χ2n) is 5.58. The van der Waals surface area contributed by atoms with Crippen molar-refractivity contribution in [2.24, 2.45) is 0 Å². The van der Waals surface area contributed by atoms with Crippen molar-refractivity contribution in [2.45, 2.75) is 50.9 Å². The first-order valence-corrected chi connectivity index (χ1v) is 8.15. The van der Waals surface area contributed by atoms with E-state index in [4.69, 9.17) is 4.74 Å². The van der Waals surface area contributed by atoms with E-state index in [1.165, 1.54) is 0 Å². The molecule has 1 amide bonds. The standard InChI is InChI=1S/C16H22BrNO3/c1-11(21-13-9-7-12(17)8-10-13)16(20)18(2)14-5-3-4-6-15(14)19/h7-11,14-15,19H,3-6H2,1-2H3. The average Bonchev–Trinajstić information content (AvgIpc) is 2.48. The molecule has 1 N–H and O–H groups in total. The van der Waals surface area contributed by atoms with Crippen LogP contribution in [0.1, 0.15) is 32.6 Å². The van der Waals surface area contributed by atoms with E-state index in [2.05, 4.69) is 15.9 Å². The van der Waals surface area contributed by atoms with Gasteiger partial charge in [0, 0.05) is 11.5 Å². The van der Waals surface area contributed by atoms with Crippen LogP contribution in [0.15, 0.2) is 28.7 Å². The lowest BCUT2D eigenvalue weighted by Crippen LogP contribution is -2.50. The smallest absolute Gasteiger partial charge is 0.263 e. The summed E-state index contributed by atoms with van der Waals surface area (Å²) in [5.74, 6) is 0.570. The van der Waals surface area contributed by atoms with Crippen molar-refractivity contribution in [1.82, 2.24) is 4.90 Å². The third kappa shape index (κ3) is 4.20. The van der Waals surface area contributed by atoms with Crippen LogP contribution in [0, 0.1) is 0 Å². The Labute approximate surface area is 134 Å². The van der Waals surface area contributed by atoms with Gasteiger partial charge in [0.2, 0.25) is 0 Å². The molecule has 1 saturated carbocycles. The number of halogens is 1. The van der Waals surface area contributed by atoms with Gasteiger partial charge in [-0.1, -0.05) is 28.8 Å². The first-order chi connectivity index (χ1) is 9.99. The molecule has 1 aliphatic carbocycles. The fraction of sp³-hybridized carbons (Fsp3) is 0.562. The zero-order valence-electron chi connectivity index (χ0n) is 12.5. The van der Waals surface area contributed by atoms with Gasteiger partial charge < -0.3 is 14.7 Å². The maximum Gasteiger partial charge on any atom is 0.263 e. The number of hydrogen-bond acceptors (Lipinski definition) is 3. The van der Waals surface area contributed by atoms with E-state index in [0.29, 0.717) is 5.75 Å². The highest BCUT2D eigenvalue weighted by Gasteiger charge is 2.31. The molecular weight excluding hydrogens is 334 g/mol. The van der Waals surface area contributed by atoms with Gasteiger partial charge in [0.25, 0.3) is 5.91 Å². The Kier molecular flexibility index (Phi) is 5.65. The van der Waals surface area contributed by atoms with E-state index in [0.717, 1.165) is 30.2 Å². The largest absolute Gasteiger partial charge is 0.481 e. The number of aliphatic hydroxyl groups is 1. The summed E-state index contributed by atoms with van der Waals surface area (Å²) in [6.07, 6.45) is 2.72. The highest BCUT2D eigenvalue weighted by molar-refractivity contribution is 9.10. The summed E-state index contributed by atoms with van der Waals surface area (Å²) in [4.78, 5) is 14.1. The van der Waals surface area contributed by atoms with Gasteiger partial charge in [0.1, 0.15) is 5.75 Å². The topological polar surface area (TPSA) is 49.8 Å². The maximum atomic E-state index is 12.4. The predicted octanol–water partition coefficient (Wildman–Crippen LogP) is 2.98. The van der Waals surface area contributed by atoms with Crippen LogP contribution in [0.25, 0.3) is 0 Å². The monoisotopic (exact) mass is 355 g/mol. The molecule has 5 heteroatoms. The number of nitrogens with zero attached hydrogens (tertiary/aromatic N) is 1. The molecule has 3 atom stereocenters. The van der Waals surface area contributed by atoms with Gasteiger partial charge in [-0.2, -0.15) is 0 Å². The quantitative estimate of drug-likeness (QED) is 0.902. The number of carbonyl (C=O) groups is 1. The molecule has 0 aromatic heterocycles. The van der Waals surface area contributed by atoms with Gasteiger partial charge in [-0.3, -0.25) is 4.79 Å². The minimum Gasteiger partial charge on any atom is -0.481 e. The Morgan fingerprint density at radius 1 is 1.33 bits per heavy atom. The van der Waals surface area contributed by atoms with Gasteiger partial charge >= 0.3 is 0 Å². The van der Waals surface area contributed by atoms with Gasteiger partial charge in [-0.25, -0.2) is 0 Å². The van der Waals surface area contributed by atoms with Gasteiger partial charge in [0.15, 0.2) is 6.10 Å². The number of likely N-dealkylation sites (N-methyl/N-ethyl adjacent to an activating group) is 1. The number of amides is 1. The van der Waals surface area contributed by atoms with Crippen molar-refractivity contribution < 1.29 is 14.6 Å². The van der Waals surface area contributed by atoms with Crippen LogP contribution in [0.5, 0.6) is 5.75 Å². The SMILES string of the molecule is CC(Oc1ccc(Br)cc1)C(=O)N(C)C1CCCCC1O. The molecule has 1 aliphatic rings. The van der Waals surface area contributed by atoms with Gasteiger partial charge in [-0.15, -0.1) is 0 Å². The number of aliphatic hydroxyl groups excluding tert-OH is 1. The molecular formula is C16H22BrNO3. The van der Waals surface area contributed by atoms with Crippen LogP contribution in [0.4, 0.5) is 0 Å². The first-order valence-electron chi connectivity index (χ1n) is 7.36. The average molecular weight is 356 g/mol. The third-order valence-electron chi connectivity index (χ3n) is 4.01. The van der Waals surface area contributed by atoms with Crippen molar-refractivity contribution in [3.63, 3.8) is 0 Å². The fourth-order valence-corrected chi connectivity index (χ4v) is 3.03. The van der Waals surface area contributed by atoms with Gasteiger partial charge in [-0.05, 0) is 44.0 Å². The highest BCUT2D eigenvalue weighted by Crippen LogP contribution is 2.24. The molecule has 0 radical (unpaired) electrons. The molecule has 0 aliphatic heterocycles. The lowest BCUT2D eigenvalue weighted by atomic mass is 9.91. The van der Waals surface area contributed by atoms with Crippen LogP contribution < -0.4 is 4.74 Å². The van der Waals surface area contributed by atoms with E-state index < -0.39 is 12.2 Å². The van der Waals surface area contributed by atoms with E-state index in [-0.39, 0.29) is 11.9 Å². The summed E-state index contributed by atoms with van der Waals surface area (Å²) in [5, 5.41) is 10.1. The molecule has 0 bridgehead atoms. The molecule has 4 nitrogen and oxygen atoms in total. The Morgan fingerprint density at radius 3 is 2.57 bits per heavy atom. The van der Waals surface area contributed by atoms with Crippen molar-refractivity contribution in [3.8, 4) is 5.75 Å². The second kappa shape index (κ2) is 7.27. The van der Waals surface area contributed by atoms with Crippen LogP contribution >= 0.6 is 15.9 Å². The number of benzene rings is 1. The molecule has 3 unspecified atom stereocenters. The van der Waals surface area contributed by atoms with Crippen molar-refractivity contribution in [1.29, 1.82) is 0 Å². The van der Waals surface area contributed by atoms with E-state index in [1.807, 2.05) is 24.3 Å². The summed E-state index contributed by atoms with van der Waals surface area (Å²) in [6.45, 7) is 1.75. The molecule has 116 valence electrons. The fourth-order valence-electron chi connectivity index (χ4n) is 2.76. The van der Waals surface area contributed by atoms with E-state index in [9.17, 15) is 9.90 Å². The number of hydrogen-bond donors (Lipinski definition) is 1. The lowest BCUT2D eigenvalue weighted by molar-refractivity contribution is -0.142. The Morgan fingerprint density at radius 2 is 1.95 bits per heavy atom. The Bertz CT molecular complexity index is 477. The minimum atomic E-state index is -0.565. The molecule has 21 heavy (non-hydrogen) atoms. The number of ether oxygens (including phenoxy) is 1. The van der Waals surface area contributed by atoms with Crippen molar-refractivity contribution >= 4 is 21.8 Å². The predicted molar refractivity (Wildman–Crippen MR) is 85.3 cm³/mol. The zero-order chi connectivity index (χ0) is 15.4. The van der Waals surface area contributed by atoms with Crippen molar-refractivity contribution in [2.75, 3.05) is 7.05 Å². The Balaban J connectivity index is 1.96. The molecule has 1 aromatic rings.